The van der Waals surface area contributed by atoms with Crippen LogP contribution in [0.15, 0.2) is 64.3 Å². The van der Waals surface area contributed by atoms with Gasteiger partial charge in [0.25, 0.3) is 10.0 Å². The Morgan fingerprint density at radius 2 is 1.91 bits per heavy atom. The second kappa shape index (κ2) is 6.57. The Kier molecular flexibility index (Phi) is 4.51. The zero-order valence-corrected chi connectivity index (χ0v) is 14.1. The van der Waals surface area contributed by atoms with E-state index >= 15 is 0 Å². The van der Waals surface area contributed by atoms with Crippen LogP contribution in [0.25, 0.3) is 0 Å². The molecule has 2 N–H and O–H groups in total. The minimum atomic E-state index is -3.58. The molecule has 0 saturated carbocycles. The highest BCUT2D eigenvalue weighted by Gasteiger charge is 2.15. The fraction of sp³-hybridized carbons (Fsp3) is 0. The number of nitrogens with zero attached hydrogens (tertiary/aromatic N) is 1. The van der Waals surface area contributed by atoms with Crippen LogP contribution < -0.4 is 10.0 Å². The molecule has 1 aromatic carbocycles. The lowest BCUT2D eigenvalue weighted by atomic mass is 10.3. The average molecular weight is 366 g/mol. The molecule has 2 heterocycles. The van der Waals surface area contributed by atoms with Crippen molar-refractivity contribution in [3.8, 4) is 0 Å². The molecule has 3 aromatic rings. The summed E-state index contributed by atoms with van der Waals surface area (Å²) in [6, 6.07) is 13.8. The molecule has 0 atom stereocenters. The molecule has 0 aliphatic heterocycles. The number of rotatable bonds is 5. The van der Waals surface area contributed by atoms with Crippen molar-refractivity contribution in [2.75, 3.05) is 10.0 Å². The van der Waals surface area contributed by atoms with Gasteiger partial charge in [-0.3, -0.25) is 4.72 Å². The first kappa shape index (κ1) is 15.8. The molecule has 0 aliphatic rings. The van der Waals surface area contributed by atoms with E-state index in [4.69, 9.17) is 11.6 Å². The first-order chi connectivity index (χ1) is 11.0. The van der Waals surface area contributed by atoms with Crippen LogP contribution in [0.5, 0.6) is 0 Å². The van der Waals surface area contributed by atoms with E-state index in [0.29, 0.717) is 5.02 Å². The Morgan fingerprint density at radius 3 is 2.57 bits per heavy atom. The molecule has 0 unspecified atom stereocenters. The number of hydrogen-bond acceptors (Lipinski definition) is 5. The third-order valence-corrected chi connectivity index (χ3v) is 5.86. The van der Waals surface area contributed by atoms with Gasteiger partial charge < -0.3 is 5.32 Å². The summed E-state index contributed by atoms with van der Waals surface area (Å²) in [6.45, 7) is 0. The molecule has 0 saturated heterocycles. The summed E-state index contributed by atoms with van der Waals surface area (Å²) in [4.78, 5) is 4.11. The molecule has 0 spiro atoms. The quantitative estimate of drug-likeness (QED) is 0.705. The number of aromatic nitrogens is 1. The maximum atomic E-state index is 12.1. The largest absolute Gasteiger partial charge is 0.354 e. The van der Waals surface area contributed by atoms with Crippen LogP contribution in [0.4, 0.5) is 17.2 Å². The molecule has 0 amide bonds. The van der Waals surface area contributed by atoms with E-state index < -0.39 is 10.0 Å². The number of pyridine rings is 1. The van der Waals surface area contributed by atoms with E-state index in [1.807, 2.05) is 12.1 Å². The molecule has 0 fully saturated rings. The molecule has 23 heavy (non-hydrogen) atoms. The number of nitrogens with one attached hydrogen (secondary N) is 2. The summed E-state index contributed by atoms with van der Waals surface area (Å²) in [6.07, 6.45) is 1.55. The molecule has 2 aromatic heterocycles. The van der Waals surface area contributed by atoms with Crippen molar-refractivity contribution in [1.29, 1.82) is 0 Å². The molecule has 0 aliphatic carbocycles. The summed E-state index contributed by atoms with van der Waals surface area (Å²) in [5.41, 5.74) is 1.55. The third-order valence-electron chi connectivity index (χ3n) is 2.88. The topological polar surface area (TPSA) is 71.1 Å². The van der Waals surface area contributed by atoms with Gasteiger partial charge in [0.1, 0.15) is 10.0 Å². The Bertz CT molecular complexity index is 895. The smallest absolute Gasteiger partial charge is 0.272 e. The van der Waals surface area contributed by atoms with Gasteiger partial charge in [0.15, 0.2) is 0 Å². The van der Waals surface area contributed by atoms with Gasteiger partial charge in [-0.25, -0.2) is 13.4 Å². The summed E-state index contributed by atoms with van der Waals surface area (Å²) in [5, 5.41) is 5.48. The lowest BCUT2D eigenvalue weighted by Crippen LogP contribution is -2.12. The molecule has 8 heteroatoms. The Morgan fingerprint density at radius 1 is 1.04 bits per heavy atom. The molecule has 0 radical (unpaired) electrons. The first-order valence-electron chi connectivity index (χ1n) is 6.58. The van der Waals surface area contributed by atoms with Crippen molar-refractivity contribution < 1.29 is 8.42 Å². The standard InChI is InChI=1S/C15H12ClN3O2S2/c16-11-3-1-4-12(9-11)18-13-6-7-14(17-10-13)19-23(20,21)15-5-2-8-22-15/h1-10,18H,(H,17,19). The minimum Gasteiger partial charge on any atom is -0.354 e. The van der Waals surface area contributed by atoms with Gasteiger partial charge in [-0.1, -0.05) is 23.7 Å². The summed E-state index contributed by atoms with van der Waals surface area (Å²) < 4.78 is 26.9. The number of thiophene rings is 1. The molecule has 118 valence electrons. The monoisotopic (exact) mass is 365 g/mol. The molecular weight excluding hydrogens is 354 g/mol. The summed E-state index contributed by atoms with van der Waals surface area (Å²) in [5.74, 6) is 0.259. The van der Waals surface area contributed by atoms with Gasteiger partial charge in [0.2, 0.25) is 0 Å². The molecule has 5 nitrogen and oxygen atoms in total. The number of benzene rings is 1. The second-order valence-corrected chi connectivity index (χ2v) is 7.90. The fourth-order valence-corrected chi connectivity index (χ4v) is 4.06. The van der Waals surface area contributed by atoms with E-state index in [-0.39, 0.29) is 10.0 Å². The zero-order chi connectivity index (χ0) is 16.3. The first-order valence-corrected chi connectivity index (χ1v) is 9.32. The lowest BCUT2D eigenvalue weighted by molar-refractivity contribution is 0.603. The van der Waals surface area contributed by atoms with Gasteiger partial charge in [-0.05, 0) is 41.8 Å². The highest BCUT2D eigenvalue weighted by Crippen LogP contribution is 2.22. The number of hydrogen-bond donors (Lipinski definition) is 2. The summed E-state index contributed by atoms with van der Waals surface area (Å²) >= 11 is 7.08. The van der Waals surface area contributed by atoms with Crippen LogP contribution in [-0.2, 0) is 10.0 Å². The molecule has 3 rings (SSSR count). The maximum absolute atomic E-state index is 12.1. The van der Waals surface area contributed by atoms with Crippen LogP contribution in [0.3, 0.4) is 0 Å². The minimum absolute atomic E-state index is 0.250. The van der Waals surface area contributed by atoms with Crippen molar-refractivity contribution >= 4 is 50.2 Å². The van der Waals surface area contributed by atoms with Crippen molar-refractivity contribution in [3.63, 3.8) is 0 Å². The summed E-state index contributed by atoms with van der Waals surface area (Å²) in [7, 11) is -3.58. The Labute approximate surface area is 143 Å². The van der Waals surface area contributed by atoms with Crippen molar-refractivity contribution in [2.24, 2.45) is 0 Å². The van der Waals surface area contributed by atoms with Crippen LogP contribution in [0, 0.1) is 0 Å². The predicted molar refractivity (Wildman–Crippen MR) is 94.1 cm³/mol. The Balaban J connectivity index is 1.72. The highest BCUT2D eigenvalue weighted by molar-refractivity contribution is 7.94. The highest BCUT2D eigenvalue weighted by atomic mass is 35.5. The second-order valence-electron chi connectivity index (χ2n) is 4.61. The van der Waals surface area contributed by atoms with Gasteiger partial charge in [0.05, 0.1) is 11.9 Å². The fourth-order valence-electron chi connectivity index (χ4n) is 1.87. The molecular formula is C15H12ClN3O2S2. The van der Waals surface area contributed by atoms with Crippen molar-refractivity contribution in [1.82, 2.24) is 4.98 Å². The van der Waals surface area contributed by atoms with Gasteiger partial charge in [-0.2, -0.15) is 0 Å². The number of anilines is 3. The van der Waals surface area contributed by atoms with Crippen molar-refractivity contribution in [3.05, 3.63) is 65.1 Å². The third kappa shape index (κ3) is 4.01. The van der Waals surface area contributed by atoms with Crippen molar-refractivity contribution in [2.45, 2.75) is 4.21 Å². The Hall–Kier alpha value is -2.09. The van der Waals surface area contributed by atoms with Gasteiger partial charge in [0, 0.05) is 10.7 Å². The van der Waals surface area contributed by atoms with E-state index in [1.54, 1.807) is 48.0 Å². The van der Waals surface area contributed by atoms with Crippen LogP contribution in [-0.4, -0.2) is 13.4 Å². The average Bonchev–Trinajstić information content (AvgIpc) is 3.04. The lowest BCUT2D eigenvalue weighted by Gasteiger charge is -2.08. The van der Waals surface area contributed by atoms with Crippen LogP contribution in [0.1, 0.15) is 0 Å². The normalized spacial score (nSPS) is 11.2. The van der Waals surface area contributed by atoms with E-state index in [1.165, 1.54) is 0 Å². The van der Waals surface area contributed by atoms with E-state index in [9.17, 15) is 8.42 Å². The van der Waals surface area contributed by atoms with E-state index in [2.05, 4.69) is 15.0 Å². The number of halogens is 1. The van der Waals surface area contributed by atoms with E-state index in [0.717, 1.165) is 22.7 Å². The van der Waals surface area contributed by atoms with Gasteiger partial charge >= 0.3 is 0 Å². The maximum Gasteiger partial charge on any atom is 0.272 e. The zero-order valence-electron chi connectivity index (χ0n) is 11.7. The SMILES string of the molecule is O=S(=O)(Nc1ccc(Nc2cccc(Cl)c2)cn1)c1cccs1. The van der Waals surface area contributed by atoms with Crippen LogP contribution >= 0.6 is 22.9 Å². The molecule has 0 bridgehead atoms. The van der Waals surface area contributed by atoms with Gasteiger partial charge in [-0.15, -0.1) is 11.3 Å². The van der Waals surface area contributed by atoms with Crippen LogP contribution in [0.2, 0.25) is 5.02 Å². The predicted octanol–water partition coefficient (Wildman–Crippen LogP) is 4.34. The number of sulfonamides is 1.